The van der Waals surface area contributed by atoms with Gasteiger partial charge < -0.3 is 9.88 Å². The Morgan fingerprint density at radius 2 is 0.968 bits per heavy atom. The largest absolute Gasteiger partial charge is 0.366 e. The van der Waals surface area contributed by atoms with Crippen molar-refractivity contribution >= 4 is 81.4 Å². The fourth-order valence-corrected chi connectivity index (χ4v) is 10.4. The number of nitrogens with zero attached hydrogens (tertiary/aromatic N) is 1. The second-order valence-electron chi connectivity index (χ2n) is 16.9. The van der Waals surface area contributed by atoms with Crippen LogP contribution >= 0.6 is 0 Å². The van der Waals surface area contributed by atoms with Crippen molar-refractivity contribution in [2.45, 2.75) is 12.2 Å². The average Bonchev–Trinajstić information content (AvgIpc) is 3.71. The van der Waals surface area contributed by atoms with E-state index in [1.807, 2.05) is 0 Å². The molecule has 3 nitrogen and oxygen atoms in total. The summed E-state index contributed by atoms with van der Waals surface area (Å²) in [6.07, 6.45) is 2.26. The molecule has 13 rings (SSSR count). The monoisotopic (exact) mass is 803 g/mol. The Balaban J connectivity index is 0.972. The Kier molecular flexibility index (Phi) is 8.12. The topological polar surface area (TPSA) is 29.0 Å². The van der Waals surface area contributed by atoms with Crippen LogP contribution in [0.3, 0.4) is 0 Å². The highest BCUT2D eigenvalue weighted by Gasteiger charge is 2.26. The molecule has 1 aliphatic heterocycles. The number of nitrogens with one attached hydrogen (secondary N) is 2. The van der Waals surface area contributed by atoms with Crippen LogP contribution in [0.2, 0.25) is 0 Å². The van der Waals surface area contributed by atoms with E-state index in [1.54, 1.807) is 0 Å². The van der Waals surface area contributed by atoms with Crippen molar-refractivity contribution in [1.29, 1.82) is 0 Å². The van der Waals surface area contributed by atoms with Crippen molar-refractivity contribution < 1.29 is 0 Å². The molecule has 1 aromatic heterocycles. The molecule has 0 fully saturated rings. The summed E-state index contributed by atoms with van der Waals surface area (Å²) < 4.78 is 2.47. The van der Waals surface area contributed by atoms with E-state index in [1.165, 1.54) is 109 Å². The third kappa shape index (κ3) is 5.78. The first-order valence-electron chi connectivity index (χ1n) is 21.9. The van der Waals surface area contributed by atoms with Gasteiger partial charge in [-0.2, -0.15) is 0 Å². The number of hydrogen-bond acceptors (Lipinski definition) is 2. The third-order valence-electron chi connectivity index (χ3n) is 13.4. The van der Waals surface area contributed by atoms with Gasteiger partial charge in [0, 0.05) is 32.9 Å². The smallest absolute Gasteiger partial charge is 0.104 e. The Bertz CT molecular complexity index is 3800. The molecule has 0 aliphatic carbocycles. The van der Waals surface area contributed by atoms with Gasteiger partial charge in [0.05, 0.1) is 17.1 Å². The third-order valence-corrected chi connectivity index (χ3v) is 13.4. The van der Waals surface area contributed by atoms with Crippen LogP contribution in [0.25, 0.3) is 98.2 Å². The first-order valence-corrected chi connectivity index (χ1v) is 21.9. The van der Waals surface area contributed by atoms with Gasteiger partial charge in [-0.3, -0.25) is 5.32 Å². The van der Waals surface area contributed by atoms with E-state index in [9.17, 15) is 0 Å². The van der Waals surface area contributed by atoms with Crippen LogP contribution in [-0.2, 0) is 0 Å². The van der Waals surface area contributed by atoms with Gasteiger partial charge in [0.15, 0.2) is 0 Å². The number of rotatable bonds is 5. The minimum absolute atomic E-state index is 0.0225. The number of aromatic nitrogens is 1. The lowest BCUT2D eigenvalue weighted by Crippen LogP contribution is -2.39. The van der Waals surface area contributed by atoms with Gasteiger partial charge in [-0.25, -0.2) is 0 Å². The molecule has 3 heteroatoms. The second-order valence-corrected chi connectivity index (χ2v) is 16.9. The summed E-state index contributed by atoms with van der Waals surface area (Å²) in [7, 11) is 0. The number of fused-ring (bicyclic) bond motifs is 12. The summed E-state index contributed by atoms with van der Waals surface area (Å²) in [6, 6.07) is 80.2. The second kappa shape index (κ2) is 14.3. The molecule has 0 saturated carbocycles. The van der Waals surface area contributed by atoms with Gasteiger partial charge in [-0.05, 0) is 113 Å². The number of benzene rings is 11. The molecule has 0 bridgehead atoms. The van der Waals surface area contributed by atoms with E-state index in [4.69, 9.17) is 0 Å². The van der Waals surface area contributed by atoms with E-state index >= 15 is 0 Å². The minimum atomic E-state index is -0.0897. The van der Waals surface area contributed by atoms with Crippen molar-refractivity contribution in [3.8, 4) is 16.8 Å². The van der Waals surface area contributed by atoms with Crippen molar-refractivity contribution in [2.24, 2.45) is 0 Å². The van der Waals surface area contributed by atoms with Gasteiger partial charge in [0.1, 0.15) is 6.17 Å². The van der Waals surface area contributed by atoms with E-state index in [0.717, 1.165) is 5.70 Å². The van der Waals surface area contributed by atoms with Gasteiger partial charge in [0.25, 0.3) is 0 Å². The van der Waals surface area contributed by atoms with E-state index in [2.05, 4.69) is 240 Å². The van der Waals surface area contributed by atoms with E-state index in [-0.39, 0.29) is 12.2 Å². The van der Waals surface area contributed by atoms with Crippen molar-refractivity contribution in [2.75, 3.05) is 0 Å². The van der Waals surface area contributed by atoms with Gasteiger partial charge in [0.2, 0.25) is 0 Å². The number of para-hydroxylation sites is 2. The van der Waals surface area contributed by atoms with Crippen LogP contribution in [0.5, 0.6) is 0 Å². The van der Waals surface area contributed by atoms with Crippen molar-refractivity contribution in [3.63, 3.8) is 0 Å². The maximum atomic E-state index is 3.98. The molecule has 0 radical (unpaired) electrons. The summed E-state index contributed by atoms with van der Waals surface area (Å²) in [5.41, 5.74) is 10.8. The standard InChI is InChI=1S/C60H41N3/c1-2-18-46(19-3-1)63-56-25-13-12-24-51(56)58-57-49-22-10-8-20-47(49)52(36-53(57)48-21-9-11-23-50(48)59(58)63)40-28-30-41(31-29-40)54-37-55(44-32-26-38-14-4-6-16-42(38)34-44)62-60(61-54)45-33-27-39-15-5-7-17-43(39)35-45/h1-37,54,60-62H. The van der Waals surface area contributed by atoms with Crippen LogP contribution < -0.4 is 10.6 Å². The highest BCUT2D eigenvalue weighted by atomic mass is 15.2. The van der Waals surface area contributed by atoms with Crippen LogP contribution in [-0.4, -0.2) is 4.57 Å². The summed E-state index contributed by atoms with van der Waals surface area (Å²) in [6.45, 7) is 0. The normalized spacial score (nSPS) is 15.5. The maximum Gasteiger partial charge on any atom is 0.104 e. The molecule has 296 valence electrons. The number of hydrogen-bond donors (Lipinski definition) is 2. The molecule has 11 aromatic carbocycles. The molecule has 12 aromatic rings. The van der Waals surface area contributed by atoms with Crippen molar-refractivity contribution in [3.05, 3.63) is 241 Å². The highest BCUT2D eigenvalue weighted by Crippen LogP contribution is 2.47. The molecule has 2 heterocycles. The molecule has 0 saturated heterocycles. The van der Waals surface area contributed by atoms with E-state index < -0.39 is 0 Å². The lowest BCUT2D eigenvalue weighted by molar-refractivity contribution is 0.443. The summed E-state index contributed by atoms with van der Waals surface area (Å²) in [4.78, 5) is 0. The van der Waals surface area contributed by atoms with Crippen LogP contribution in [0.1, 0.15) is 28.9 Å². The fourth-order valence-electron chi connectivity index (χ4n) is 10.4. The zero-order chi connectivity index (χ0) is 41.4. The molecule has 63 heavy (non-hydrogen) atoms. The van der Waals surface area contributed by atoms with Crippen molar-refractivity contribution in [1.82, 2.24) is 15.2 Å². The first kappa shape index (κ1) is 35.7. The molecular formula is C60H41N3. The summed E-state index contributed by atoms with van der Waals surface area (Å²) in [5, 5.41) is 23.0. The first-order chi connectivity index (χ1) is 31.2. The quantitative estimate of drug-likeness (QED) is 0.170. The summed E-state index contributed by atoms with van der Waals surface area (Å²) in [5.74, 6) is 0. The molecule has 0 spiro atoms. The van der Waals surface area contributed by atoms with Gasteiger partial charge in [-0.15, -0.1) is 0 Å². The lowest BCUT2D eigenvalue weighted by atomic mass is 9.88. The molecule has 2 atom stereocenters. The fraction of sp³-hybridized carbons (Fsp3) is 0.0333. The maximum absolute atomic E-state index is 3.98. The van der Waals surface area contributed by atoms with Crippen LogP contribution in [0.4, 0.5) is 0 Å². The lowest BCUT2D eigenvalue weighted by Gasteiger charge is -2.33. The van der Waals surface area contributed by atoms with Gasteiger partial charge >= 0.3 is 0 Å². The predicted molar refractivity (Wildman–Crippen MR) is 266 cm³/mol. The van der Waals surface area contributed by atoms with Gasteiger partial charge in [-0.1, -0.05) is 182 Å². The molecule has 0 amide bonds. The molecule has 2 unspecified atom stereocenters. The minimum Gasteiger partial charge on any atom is -0.366 e. The molecular weight excluding hydrogens is 763 g/mol. The SMILES string of the molecule is C1=C(c2ccc3ccccc3c2)NC(c2ccc3ccccc3c2)NC1c1ccc(-c2cc3c4ccccc4c4c(c5ccccc5n4-c4ccccc4)c3c3ccccc23)cc1. The predicted octanol–water partition coefficient (Wildman–Crippen LogP) is 15.2. The zero-order valence-electron chi connectivity index (χ0n) is 34.5. The Labute approximate surface area is 365 Å². The Hall–Kier alpha value is -7.98. The van der Waals surface area contributed by atoms with E-state index in [0.29, 0.717) is 0 Å². The summed E-state index contributed by atoms with van der Waals surface area (Å²) >= 11 is 0. The highest BCUT2D eigenvalue weighted by molar-refractivity contribution is 6.38. The molecule has 2 N–H and O–H groups in total. The average molecular weight is 804 g/mol. The molecule has 1 aliphatic rings. The van der Waals surface area contributed by atoms with Crippen LogP contribution in [0.15, 0.2) is 224 Å². The zero-order valence-corrected chi connectivity index (χ0v) is 34.5. The Morgan fingerprint density at radius 3 is 1.75 bits per heavy atom. The Morgan fingerprint density at radius 1 is 0.381 bits per heavy atom. The van der Waals surface area contributed by atoms with Crippen LogP contribution in [0, 0.1) is 0 Å².